The van der Waals surface area contributed by atoms with Gasteiger partial charge < -0.3 is 14.7 Å². The highest BCUT2D eigenvalue weighted by molar-refractivity contribution is 6.04. The molecule has 0 aliphatic carbocycles. The van der Waals surface area contributed by atoms with Crippen molar-refractivity contribution in [2.24, 2.45) is 7.05 Å². The van der Waals surface area contributed by atoms with Crippen LogP contribution in [0, 0.1) is 0 Å². The first kappa shape index (κ1) is 18.7. The van der Waals surface area contributed by atoms with Crippen LogP contribution in [-0.4, -0.2) is 60.4 Å². The minimum absolute atomic E-state index is 0.114. The van der Waals surface area contributed by atoms with Crippen molar-refractivity contribution in [1.29, 1.82) is 0 Å². The number of hydrogen-bond acceptors (Lipinski definition) is 5. The minimum atomic E-state index is -0.186. The fourth-order valence-electron chi connectivity index (χ4n) is 4.63. The molecule has 2 aliphatic heterocycles. The minimum Gasteiger partial charge on any atom is -0.372 e. The van der Waals surface area contributed by atoms with Crippen LogP contribution in [0.2, 0.25) is 0 Å². The van der Waals surface area contributed by atoms with Crippen molar-refractivity contribution in [3.63, 3.8) is 0 Å². The van der Waals surface area contributed by atoms with Gasteiger partial charge in [0.15, 0.2) is 5.69 Å². The fourth-order valence-corrected chi connectivity index (χ4v) is 4.63. The third-order valence-electron chi connectivity index (χ3n) is 6.26. The van der Waals surface area contributed by atoms with Crippen molar-refractivity contribution in [1.82, 2.24) is 14.7 Å². The van der Waals surface area contributed by atoms with Gasteiger partial charge in [-0.1, -0.05) is 30.3 Å². The summed E-state index contributed by atoms with van der Waals surface area (Å²) in [4.78, 5) is 32.2. The fraction of sp³-hybridized carbons (Fsp3) is 0.348. The Morgan fingerprint density at radius 3 is 2.40 bits per heavy atom. The highest BCUT2D eigenvalue weighted by atomic mass is 16.2. The smallest absolute Gasteiger partial charge is 0.275 e. The number of piperazine rings is 1. The molecule has 0 spiro atoms. The van der Waals surface area contributed by atoms with Crippen LogP contribution in [0.4, 0.5) is 11.4 Å². The SMILES string of the molecule is CN1CCc2cccc(N3CCN(C(=O)c4nn(C)c(=O)c5ccccc45)CC3)c21. The van der Waals surface area contributed by atoms with Gasteiger partial charge in [0.05, 0.1) is 16.8 Å². The van der Waals surface area contributed by atoms with Crippen LogP contribution < -0.4 is 15.4 Å². The molecule has 3 aromatic rings. The quantitative estimate of drug-likeness (QED) is 0.654. The van der Waals surface area contributed by atoms with E-state index in [-0.39, 0.29) is 11.5 Å². The van der Waals surface area contributed by atoms with Crippen LogP contribution in [0.15, 0.2) is 47.3 Å². The number of aromatic nitrogens is 2. The zero-order chi connectivity index (χ0) is 20.8. The number of aryl methyl sites for hydroxylation is 1. The molecule has 0 radical (unpaired) electrons. The molecule has 3 heterocycles. The predicted molar refractivity (Wildman–Crippen MR) is 119 cm³/mol. The molecule has 1 fully saturated rings. The summed E-state index contributed by atoms with van der Waals surface area (Å²) in [5.74, 6) is -0.114. The molecule has 30 heavy (non-hydrogen) atoms. The number of carbonyl (C=O) groups is 1. The molecule has 154 valence electrons. The first-order valence-electron chi connectivity index (χ1n) is 10.4. The topological polar surface area (TPSA) is 61.7 Å². The molecule has 7 nitrogen and oxygen atoms in total. The van der Waals surface area contributed by atoms with Crippen LogP contribution in [0.3, 0.4) is 0 Å². The van der Waals surface area contributed by atoms with Gasteiger partial charge in [-0.25, -0.2) is 4.68 Å². The van der Waals surface area contributed by atoms with Crippen LogP contribution in [0.25, 0.3) is 10.8 Å². The van der Waals surface area contributed by atoms with Gasteiger partial charge in [-0.05, 0) is 24.1 Å². The molecule has 1 saturated heterocycles. The second kappa shape index (κ2) is 7.16. The van der Waals surface area contributed by atoms with E-state index in [2.05, 4.69) is 40.1 Å². The van der Waals surface area contributed by atoms with Crippen molar-refractivity contribution in [2.45, 2.75) is 6.42 Å². The van der Waals surface area contributed by atoms with E-state index in [1.807, 2.05) is 17.0 Å². The number of amides is 1. The Morgan fingerprint density at radius 1 is 0.900 bits per heavy atom. The van der Waals surface area contributed by atoms with E-state index in [0.717, 1.165) is 26.1 Å². The standard InChI is InChI=1S/C23H25N5O2/c1-25-11-10-16-6-5-9-19(21(16)25)27-12-14-28(15-13-27)23(30)20-17-7-3-4-8-18(17)22(29)26(2)24-20/h3-9H,10-15H2,1-2H3. The van der Waals surface area contributed by atoms with E-state index in [0.29, 0.717) is 29.6 Å². The maximum Gasteiger partial charge on any atom is 0.275 e. The van der Waals surface area contributed by atoms with Gasteiger partial charge in [0.1, 0.15) is 0 Å². The summed E-state index contributed by atoms with van der Waals surface area (Å²) < 4.78 is 1.26. The van der Waals surface area contributed by atoms with Gasteiger partial charge in [0.2, 0.25) is 0 Å². The summed E-state index contributed by atoms with van der Waals surface area (Å²) in [7, 11) is 3.74. The predicted octanol–water partition coefficient (Wildman–Crippen LogP) is 1.89. The molecule has 2 aliphatic rings. The Morgan fingerprint density at radius 2 is 1.63 bits per heavy atom. The van der Waals surface area contributed by atoms with Crippen molar-refractivity contribution >= 4 is 28.1 Å². The lowest BCUT2D eigenvalue weighted by Crippen LogP contribution is -2.49. The number of fused-ring (bicyclic) bond motifs is 2. The van der Waals surface area contributed by atoms with E-state index < -0.39 is 0 Å². The number of carbonyl (C=O) groups excluding carboxylic acids is 1. The largest absolute Gasteiger partial charge is 0.372 e. The second-order valence-electron chi connectivity index (χ2n) is 8.06. The average molecular weight is 403 g/mol. The third-order valence-corrected chi connectivity index (χ3v) is 6.26. The third kappa shape index (κ3) is 2.93. The maximum absolute atomic E-state index is 13.3. The molecule has 0 atom stereocenters. The Hall–Kier alpha value is -3.35. The van der Waals surface area contributed by atoms with Crippen LogP contribution in [0.1, 0.15) is 16.1 Å². The van der Waals surface area contributed by atoms with Crippen LogP contribution in [0.5, 0.6) is 0 Å². The summed E-state index contributed by atoms with van der Waals surface area (Å²) in [6, 6.07) is 13.7. The summed E-state index contributed by atoms with van der Waals surface area (Å²) in [5.41, 5.74) is 4.14. The van der Waals surface area contributed by atoms with Gasteiger partial charge in [0, 0.05) is 52.2 Å². The van der Waals surface area contributed by atoms with Crippen molar-refractivity contribution in [2.75, 3.05) is 49.6 Å². The first-order chi connectivity index (χ1) is 14.5. The zero-order valence-electron chi connectivity index (χ0n) is 17.3. The number of nitrogens with zero attached hydrogens (tertiary/aromatic N) is 5. The van der Waals surface area contributed by atoms with E-state index in [4.69, 9.17) is 0 Å². The van der Waals surface area contributed by atoms with Crippen molar-refractivity contribution in [3.05, 3.63) is 64.1 Å². The lowest BCUT2D eigenvalue weighted by molar-refractivity contribution is 0.0740. The normalized spacial score (nSPS) is 16.3. The number of likely N-dealkylation sites (N-methyl/N-ethyl adjacent to an activating group) is 1. The molecule has 0 N–H and O–H groups in total. The summed E-state index contributed by atoms with van der Waals surface area (Å²) >= 11 is 0. The number of anilines is 2. The van der Waals surface area contributed by atoms with E-state index in [9.17, 15) is 9.59 Å². The molecule has 2 aromatic carbocycles. The maximum atomic E-state index is 13.3. The summed E-state index contributed by atoms with van der Waals surface area (Å²) in [5, 5.41) is 5.45. The first-order valence-corrected chi connectivity index (χ1v) is 10.4. The Bertz CT molecular complexity index is 1190. The highest BCUT2D eigenvalue weighted by Gasteiger charge is 2.28. The molecular formula is C23H25N5O2. The van der Waals surface area contributed by atoms with Gasteiger partial charge in [-0.2, -0.15) is 5.10 Å². The lowest BCUT2D eigenvalue weighted by atomic mass is 10.1. The van der Waals surface area contributed by atoms with Gasteiger partial charge in [0.25, 0.3) is 11.5 Å². The zero-order valence-corrected chi connectivity index (χ0v) is 17.3. The van der Waals surface area contributed by atoms with E-state index >= 15 is 0 Å². The monoisotopic (exact) mass is 403 g/mol. The van der Waals surface area contributed by atoms with Crippen molar-refractivity contribution in [3.8, 4) is 0 Å². The highest BCUT2D eigenvalue weighted by Crippen LogP contribution is 2.37. The van der Waals surface area contributed by atoms with Crippen LogP contribution in [-0.2, 0) is 13.5 Å². The molecule has 0 unspecified atom stereocenters. The molecule has 5 rings (SSSR count). The molecular weight excluding hydrogens is 378 g/mol. The Labute approximate surface area is 175 Å². The van der Waals surface area contributed by atoms with E-state index in [1.54, 1.807) is 19.2 Å². The molecule has 1 amide bonds. The summed E-state index contributed by atoms with van der Waals surface area (Å²) in [6.07, 6.45) is 1.09. The number of para-hydroxylation sites is 1. The summed E-state index contributed by atoms with van der Waals surface area (Å²) in [6.45, 7) is 3.87. The molecule has 0 bridgehead atoms. The lowest BCUT2D eigenvalue weighted by Gasteiger charge is -2.37. The number of hydrogen-bond donors (Lipinski definition) is 0. The van der Waals surface area contributed by atoms with Gasteiger partial charge >= 0.3 is 0 Å². The molecule has 7 heteroatoms. The van der Waals surface area contributed by atoms with Crippen molar-refractivity contribution < 1.29 is 4.79 Å². The number of benzene rings is 2. The average Bonchev–Trinajstić information content (AvgIpc) is 3.17. The molecule has 1 aromatic heterocycles. The van der Waals surface area contributed by atoms with Gasteiger partial charge in [-0.15, -0.1) is 0 Å². The van der Waals surface area contributed by atoms with Crippen LogP contribution >= 0.6 is 0 Å². The Kier molecular flexibility index (Phi) is 4.46. The number of rotatable bonds is 2. The Balaban J connectivity index is 1.39. The second-order valence-corrected chi connectivity index (χ2v) is 8.06. The van der Waals surface area contributed by atoms with Gasteiger partial charge in [-0.3, -0.25) is 9.59 Å². The van der Waals surface area contributed by atoms with E-state index in [1.165, 1.54) is 21.6 Å². The molecule has 0 saturated carbocycles.